The number of fused-ring (bicyclic) bond motifs is 3. The van der Waals surface area contributed by atoms with Crippen LogP contribution < -0.4 is 14.2 Å². The molecule has 0 amide bonds. The molecular formula is C12H13NO3. The number of ether oxygens (including phenoxy) is 3. The van der Waals surface area contributed by atoms with Crippen LogP contribution in [0, 0.1) is 0 Å². The molecule has 0 N–H and O–H groups in total. The molecule has 16 heavy (non-hydrogen) atoms. The van der Waals surface area contributed by atoms with Crippen LogP contribution in [0.15, 0.2) is 11.1 Å². The average Bonchev–Trinajstić information content (AvgIpc) is 3.00. The van der Waals surface area contributed by atoms with Crippen LogP contribution in [-0.4, -0.2) is 33.1 Å². The van der Waals surface area contributed by atoms with Crippen molar-refractivity contribution in [2.45, 2.75) is 12.5 Å². The molecule has 2 aliphatic rings. The first-order chi connectivity index (χ1) is 7.80. The highest BCUT2D eigenvalue weighted by molar-refractivity contribution is 6.18. The van der Waals surface area contributed by atoms with Crippen molar-refractivity contribution in [2.75, 3.05) is 21.3 Å². The smallest absolute Gasteiger partial charge is 0.203 e. The van der Waals surface area contributed by atoms with Crippen LogP contribution in [0.25, 0.3) is 0 Å². The van der Waals surface area contributed by atoms with Gasteiger partial charge in [-0.2, -0.15) is 0 Å². The van der Waals surface area contributed by atoms with E-state index >= 15 is 0 Å². The highest BCUT2D eigenvalue weighted by atomic mass is 16.5. The van der Waals surface area contributed by atoms with E-state index in [1.165, 1.54) is 11.3 Å². The summed E-state index contributed by atoms with van der Waals surface area (Å²) in [7, 11) is 4.91. The summed E-state index contributed by atoms with van der Waals surface area (Å²) in [5.41, 5.74) is 3.52. The second-order valence-electron chi connectivity index (χ2n) is 3.91. The lowest BCUT2D eigenvalue weighted by Gasteiger charge is -2.15. The average molecular weight is 219 g/mol. The molecule has 1 atom stereocenters. The quantitative estimate of drug-likeness (QED) is 0.772. The molecule has 0 radical (unpaired) electrons. The molecule has 1 unspecified atom stereocenters. The number of benzene rings is 1. The van der Waals surface area contributed by atoms with E-state index in [-0.39, 0.29) is 0 Å². The zero-order chi connectivity index (χ0) is 11.3. The Morgan fingerprint density at radius 3 is 2.50 bits per heavy atom. The van der Waals surface area contributed by atoms with Crippen molar-refractivity contribution in [3.63, 3.8) is 0 Å². The molecule has 1 aliphatic heterocycles. The summed E-state index contributed by atoms with van der Waals surface area (Å²) in [6.45, 7) is 0. The summed E-state index contributed by atoms with van der Waals surface area (Å²) in [6.07, 6.45) is 0.925. The van der Waals surface area contributed by atoms with Gasteiger partial charge in [0.25, 0.3) is 0 Å². The number of rotatable bonds is 3. The molecule has 0 saturated heterocycles. The van der Waals surface area contributed by atoms with Gasteiger partial charge in [-0.15, -0.1) is 0 Å². The SMILES string of the molecule is COc1cc2c(c(OC)c1OC)CC1N=C21. The minimum Gasteiger partial charge on any atom is -0.493 e. The van der Waals surface area contributed by atoms with Gasteiger partial charge in [0, 0.05) is 17.5 Å². The third-order valence-corrected chi connectivity index (χ3v) is 3.15. The van der Waals surface area contributed by atoms with Crippen LogP contribution >= 0.6 is 0 Å². The van der Waals surface area contributed by atoms with Crippen molar-refractivity contribution in [3.05, 3.63) is 17.2 Å². The Hall–Kier alpha value is -1.71. The Balaban J connectivity index is 2.23. The van der Waals surface area contributed by atoms with Gasteiger partial charge in [0.05, 0.1) is 33.1 Å². The predicted octanol–water partition coefficient (Wildman–Crippen LogP) is 1.44. The summed E-state index contributed by atoms with van der Waals surface area (Å²) in [5.74, 6) is 2.16. The Labute approximate surface area is 93.8 Å². The highest BCUT2D eigenvalue weighted by Gasteiger charge is 2.41. The van der Waals surface area contributed by atoms with Gasteiger partial charge in [0.15, 0.2) is 11.5 Å². The van der Waals surface area contributed by atoms with Crippen molar-refractivity contribution in [3.8, 4) is 17.2 Å². The first-order valence-corrected chi connectivity index (χ1v) is 5.20. The summed E-state index contributed by atoms with van der Waals surface area (Å²) in [6, 6.07) is 2.36. The van der Waals surface area contributed by atoms with E-state index < -0.39 is 0 Å². The second kappa shape index (κ2) is 3.14. The van der Waals surface area contributed by atoms with E-state index in [2.05, 4.69) is 4.99 Å². The van der Waals surface area contributed by atoms with Gasteiger partial charge < -0.3 is 14.2 Å². The lowest BCUT2D eigenvalue weighted by Crippen LogP contribution is -2.00. The van der Waals surface area contributed by atoms with E-state index in [1.807, 2.05) is 6.07 Å². The van der Waals surface area contributed by atoms with Crippen LogP contribution in [0.4, 0.5) is 0 Å². The van der Waals surface area contributed by atoms with Crippen molar-refractivity contribution in [1.29, 1.82) is 0 Å². The molecule has 0 fully saturated rings. The van der Waals surface area contributed by atoms with Gasteiger partial charge in [-0.3, -0.25) is 4.99 Å². The Morgan fingerprint density at radius 2 is 1.88 bits per heavy atom. The van der Waals surface area contributed by atoms with E-state index in [9.17, 15) is 0 Å². The molecule has 1 aromatic rings. The Kier molecular flexibility index (Phi) is 1.87. The van der Waals surface area contributed by atoms with E-state index in [0.29, 0.717) is 17.5 Å². The molecule has 1 aliphatic carbocycles. The number of methoxy groups -OCH3 is 3. The van der Waals surface area contributed by atoms with Gasteiger partial charge in [-0.1, -0.05) is 0 Å². The van der Waals surface area contributed by atoms with Crippen LogP contribution in [0.1, 0.15) is 11.1 Å². The standard InChI is InChI=1S/C12H13NO3/c1-14-9-5-6-7(4-8-10(6)13-8)11(15-2)12(9)16-3/h5,8H,4H2,1-3H3. The lowest BCUT2D eigenvalue weighted by molar-refractivity contribution is 0.322. The van der Waals surface area contributed by atoms with Gasteiger partial charge in [0.1, 0.15) is 0 Å². The summed E-state index contributed by atoms with van der Waals surface area (Å²) in [5, 5.41) is 0. The van der Waals surface area contributed by atoms with Gasteiger partial charge in [-0.25, -0.2) is 0 Å². The zero-order valence-electron chi connectivity index (χ0n) is 9.53. The number of hydrogen-bond acceptors (Lipinski definition) is 4. The first kappa shape index (κ1) is 9.51. The maximum atomic E-state index is 5.43. The van der Waals surface area contributed by atoms with Crippen molar-refractivity contribution in [2.24, 2.45) is 4.99 Å². The zero-order valence-corrected chi connectivity index (χ0v) is 9.53. The molecule has 1 aromatic carbocycles. The van der Waals surface area contributed by atoms with Gasteiger partial charge >= 0.3 is 0 Å². The van der Waals surface area contributed by atoms with Gasteiger partial charge in [0.2, 0.25) is 5.75 Å². The summed E-state index contributed by atoms with van der Waals surface area (Å²) >= 11 is 0. The van der Waals surface area contributed by atoms with Crippen molar-refractivity contribution in [1.82, 2.24) is 0 Å². The molecule has 0 bridgehead atoms. The fraction of sp³-hybridized carbons (Fsp3) is 0.417. The Morgan fingerprint density at radius 1 is 1.12 bits per heavy atom. The topological polar surface area (TPSA) is 40.0 Å². The molecule has 4 nitrogen and oxygen atoms in total. The predicted molar refractivity (Wildman–Crippen MR) is 60.1 cm³/mol. The molecule has 4 heteroatoms. The molecule has 0 aromatic heterocycles. The number of aliphatic imine (C=N–C) groups is 1. The maximum absolute atomic E-state index is 5.43. The molecule has 3 rings (SSSR count). The molecule has 0 spiro atoms. The monoisotopic (exact) mass is 219 g/mol. The fourth-order valence-electron chi connectivity index (χ4n) is 2.36. The third-order valence-electron chi connectivity index (χ3n) is 3.15. The van der Waals surface area contributed by atoms with Crippen LogP contribution in [-0.2, 0) is 6.42 Å². The van der Waals surface area contributed by atoms with Crippen LogP contribution in [0.2, 0.25) is 0 Å². The molecule has 1 heterocycles. The van der Waals surface area contributed by atoms with Crippen LogP contribution in [0.3, 0.4) is 0 Å². The summed E-state index contributed by atoms with van der Waals surface area (Å²) in [4.78, 5) is 4.37. The minimum absolute atomic E-state index is 0.376. The van der Waals surface area contributed by atoms with E-state index in [0.717, 1.165) is 17.7 Å². The Bertz CT molecular complexity index is 494. The highest BCUT2D eigenvalue weighted by Crippen LogP contribution is 2.48. The van der Waals surface area contributed by atoms with E-state index in [1.54, 1.807) is 21.3 Å². The number of nitrogens with zero attached hydrogens (tertiary/aromatic N) is 1. The molecular weight excluding hydrogens is 206 g/mol. The molecule has 84 valence electrons. The fourth-order valence-corrected chi connectivity index (χ4v) is 2.36. The van der Waals surface area contributed by atoms with Crippen LogP contribution in [0.5, 0.6) is 17.2 Å². The second-order valence-corrected chi connectivity index (χ2v) is 3.91. The van der Waals surface area contributed by atoms with Crippen molar-refractivity contribution >= 4 is 5.71 Å². The summed E-state index contributed by atoms with van der Waals surface area (Å²) < 4.78 is 16.1. The van der Waals surface area contributed by atoms with Crippen molar-refractivity contribution < 1.29 is 14.2 Å². The maximum Gasteiger partial charge on any atom is 0.203 e. The normalized spacial score (nSPS) is 19.7. The third kappa shape index (κ3) is 1.07. The molecule has 0 saturated carbocycles. The van der Waals surface area contributed by atoms with E-state index in [4.69, 9.17) is 14.2 Å². The largest absolute Gasteiger partial charge is 0.493 e. The lowest BCUT2D eigenvalue weighted by atomic mass is 10.1. The first-order valence-electron chi connectivity index (χ1n) is 5.20. The van der Waals surface area contributed by atoms with Gasteiger partial charge in [-0.05, 0) is 6.07 Å². The number of hydrogen-bond donors (Lipinski definition) is 0. The minimum atomic E-state index is 0.376.